The molecule has 0 saturated heterocycles. The number of anilines is 2. The van der Waals surface area contributed by atoms with Gasteiger partial charge in [-0.25, -0.2) is 4.99 Å². The van der Waals surface area contributed by atoms with E-state index in [1.54, 1.807) is 11.8 Å². The van der Waals surface area contributed by atoms with Crippen molar-refractivity contribution in [3.63, 3.8) is 0 Å². The summed E-state index contributed by atoms with van der Waals surface area (Å²) in [5, 5.41) is 1.45. The molecule has 2 aliphatic heterocycles. The molecule has 29 heavy (non-hydrogen) atoms. The van der Waals surface area contributed by atoms with Crippen LogP contribution in [0.25, 0.3) is 0 Å². The fourth-order valence-electron chi connectivity index (χ4n) is 3.78. The van der Waals surface area contributed by atoms with E-state index in [4.69, 9.17) is 16.5 Å². The smallest absolute Gasteiger partial charge is 0.136 e. The summed E-state index contributed by atoms with van der Waals surface area (Å²) in [6.45, 7) is 8.61. The van der Waals surface area contributed by atoms with Crippen LogP contribution in [0.4, 0.5) is 11.4 Å². The number of nitrogens with two attached hydrogens (primary N) is 2. The Morgan fingerprint density at radius 1 is 1.03 bits per heavy atom. The first-order valence-corrected chi connectivity index (χ1v) is 11.5. The standard InChI is InChI=1S/C22H27N5S2/c1-13(2)28-17-10-8-16(9-11-17)26-12-25-21-19(20(26)23)27(22(24)29-21)18-14(3)6-5-7-15(18)4/h5-13,20,22H,23-24H2,1-4H3. The number of hydrogen-bond donors (Lipinski definition) is 2. The lowest BCUT2D eigenvalue weighted by Gasteiger charge is -2.36. The van der Waals surface area contributed by atoms with Gasteiger partial charge < -0.3 is 21.3 Å². The zero-order valence-corrected chi connectivity index (χ0v) is 18.8. The summed E-state index contributed by atoms with van der Waals surface area (Å²) in [6.07, 6.45) is 1.47. The highest BCUT2D eigenvalue weighted by molar-refractivity contribution is 8.04. The van der Waals surface area contributed by atoms with Crippen molar-refractivity contribution in [2.45, 2.75) is 49.5 Å². The molecule has 0 aliphatic carbocycles. The van der Waals surface area contributed by atoms with Gasteiger partial charge in [0.1, 0.15) is 16.7 Å². The van der Waals surface area contributed by atoms with Gasteiger partial charge in [0.05, 0.1) is 12.0 Å². The molecular weight excluding hydrogens is 398 g/mol. The van der Waals surface area contributed by atoms with Crippen molar-refractivity contribution in [1.82, 2.24) is 0 Å². The molecular formula is C22H27N5S2. The van der Waals surface area contributed by atoms with Gasteiger partial charge in [0, 0.05) is 21.5 Å². The summed E-state index contributed by atoms with van der Waals surface area (Å²) in [5.41, 5.74) is 18.5. The average Bonchev–Trinajstić information content (AvgIpc) is 2.99. The zero-order valence-electron chi connectivity index (χ0n) is 17.2. The van der Waals surface area contributed by atoms with E-state index in [9.17, 15) is 0 Å². The lowest BCUT2D eigenvalue weighted by molar-refractivity contribution is 0.721. The quantitative estimate of drug-likeness (QED) is 0.698. The molecule has 2 aromatic carbocycles. The van der Waals surface area contributed by atoms with Crippen LogP contribution in [-0.4, -0.2) is 23.3 Å². The highest BCUT2D eigenvalue weighted by Gasteiger charge is 2.40. The second-order valence-electron chi connectivity index (χ2n) is 7.57. The second-order valence-corrected chi connectivity index (χ2v) is 10.3. The van der Waals surface area contributed by atoms with E-state index in [1.807, 2.05) is 23.0 Å². The van der Waals surface area contributed by atoms with Crippen molar-refractivity contribution >= 4 is 41.2 Å². The van der Waals surface area contributed by atoms with E-state index in [1.165, 1.54) is 16.0 Å². The van der Waals surface area contributed by atoms with Crippen LogP contribution in [0.3, 0.4) is 0 Å². The van der Waals surface area contributed by atoms with Gasteiger partial charge in [0.2, 0.25) is 0 Å². The topological polar surface area (TPSA) is 70.9 Å². The van der Waals surface area contributed by atoms with Gasteiger partial charge in [-0.3, -0.25) is 0 Å². The maximum atomic E-state index is 6.77. The van der Waals surface area contributed by atoms with Crippen molar-refractivity contribution in [2.75, 3.05) is 9.80 Å². The number of rotatable bonds is 4. The maximum absolute atomic E-state index is 6.77. The van der Waals surface area contributed by atoms with E-state index in [-0.39, 0.29) is 11.7 Å². The normalized spacial score (nSPS) is 21.3. The van der Waals surface area contributed by atoms with Crippen LogP contribution in [0, 0.1) is 13.8 Å². The molecule has 0 saturated carbocycles. The molecule has 2 unspecified atom stereocenters. The van der Waals surface area contributed by atoms with E-state index in [0.717, 1.165) is 22.1 Å². The molecule has 5 nitrogen and oxygen atoms in total. The molecule has 0 aromatic heterocycles. The summed E-state index contributed by atoms with van der Waals surface area (Å²) in [5.74, 6) is 0. The van der Waals surface area contributed by atoms with Crippen molar-refractivity contribution < 1.29 is 0 Å². The van der Waals surface area contributed by atoms with Crippen molar-refractivity contribution in [1.29, 1.82) is 0 Å². The van der Waals surface area contributed by atoms with E-state index in [0.29, 0.717) is 5.25 Å². The van der Waals surface area contributed by atoms with Gasteiger partial charge >= 0.3 is 0 Å². The van der Waals surface area contributed by atoms with Crippen LogP contribution in [0.2, 0.25) is 0 Å². The SMILES string of the molecule is Cc1cccc(C)c1N1C2=C(N=CN(c3ccc(SC(C)C)cc3)C2N)SC1N. The number of benzene rings is 2. The van der Waals surface area contributed by atoms with E-state index in [2.05, 4.69) is 75.1 Å². The number of para-hydroxylation sites is 1. The fraction of sp³-hybridized carbons (Fsp3) is 0.318. The predicted octanol–water partition coefficient (Wildman–Crippen LogP) is 4.60. The lowest BCUT2D eigenvalue weighted by atomic mass is 10.1. The first kappa shape index (κ1) is 20.3. The maximum Gasteiger partial charge on any atom is 0.136 e. The molecule has 152 valence electrons. The van der Waals surface area contributed by atoms with Gasteiger partial charge in [-0.2, -0.15) is 0 Å². The largest absolute Gasteiger partial charge is 0.314 e. The number of aryl methyl sites for hydroxylation is 2. The minimum Gasteiger partial charge on any atom is -0.314 e. The molecule has 0 bridgehead atoms. The summed E-state index contributed by atoms with van der Waals surface area (Å²) in [7, 11) is 0. The summed E-state index contributed by atoms with van der Waals surface area (Å²) < 4.78 is 0. The van der Waals surface area contributed by atoms with Crippen LogP contribution in [0.1, 0.15) is 25.0 Å². The molecule has 0 spiro atoms. The number of nitrogens with zero attached hydrogens (tertiary/aromatic N) is 3. The lowest BCUT2D eigenvalue weighted by Crippen LogP contribution is -2.50. The predicted molar refractivity (Wildman–Crippen MR) is 127 cm³/mol. The molecule has 2 heterocycles. The first-order valence-electron chi connectivity index (χ1n) is 9.73. The monoisotopic (exact) mass is 425 g/mol. The van der Waals surface area contributed by atoms with Crippen LogP contribution in [0.15, 0.2) is 63.1 Å². The van der Waals surface area contributed by atoms with E-state index >= 15 is 0 Å². The third kappa shape index (κ3) is 3.80. The molecule has 0 fully saturated rings. The van der Waals surface area contributed by atoms with E-state index < -0.39 is 0 Å². The van der Waals surface area contributed by atoms with Crippen LogP contribution >= 0.6 is 23.5 Å². The Morgan fingerprint density at radius 3 is 2.31 bits per heavy atom. The Hall–Kier alpha value is -1.93. The molecule has 0 amide bonds. The average molecular weight is 426 g/mol. The Morgan fingerprint density at radius 2 is 1.69 bits per heavy atom. The van der Waals surface area contributed by atoms with Gasteiger partial charge in [0.25, 0.3) is 0 Å². The second kappa shape index (κ2) is 8.07. The molecule has 2 aliphatic rings. The highest BCUT2D eigenvalue weighted by atomic mass is 32.2. The van der Waals surface area contributed by atoms with Crippen molar-refractivity contribution in [2.24, 2.45) is 16.5 Å². The zero-order chi connectivity index (χ0) is 20.7. The van der Waals surface area contributed by atoms with Crippen LogP contribution in [-0.2, 0) is 0 Å². The van der Waals surface area contributed by atoms with Crippen molar-refractivity contribution in [3.8, 4) is 0 Å². The molecule has 4 N–H and O–H groups in total. The summed E-state index contributed by atoms with van der Waals surface area (Å²) >= 11 is 3.41. The molecule has 2 atom stereocenters. The van der Waals surface area contributed by atoms with Gasteiger partial charge in [0.15, 0.2) is 0 Å². The minimum atomic E-state index is -0.355. The van der Waals surface area contributed by atoms with Crippen LogP contribution in [0.5, 0.6) is 0 Å². The fourth-order valence-corrected chi connectivity index (χ4v) is 5.62. The first-order chi connectivity index (χ1) is 13.9. The Balaban J connectivity index is 1.67. The highest BCUT2D eigenvalue weighted by Crippen LogP contribution is 2.45. The summed E-state index contributed by atoms with van der Waals surface area (Å²) in [6, 6.07) is 14.8. The molecule has 2 aromatic rings. The Bertz CT molecular complexity index is 947. The Labute approximate surface area is 181 Å². The third-order valence-electron chi connectivity index (χ3n) is 5.03. The number of hydrogen-bond acceptors (Lipinski definition) is 7. The van der Waals surface area contributed by atoms with Gasteiger partial charge in [-0.05, 0) is 49.2 Å². The Kier molecular flexibility index (Phi) is 5.66. The van der Waals surface area contributed by atoms with Gasteiger partial charge in [-0.15, -0.1) is 11.8 Å². The third-order valence-corrected chi connectivity index (χ3v) is 7.04. The summed E-state index contributed by atoms with van der Waals surface area (Å²) in [4.78, 5) is 10.1. The molecule has 4 rings (SSSR count). The van der Waals surface area contributed by atoms with Crippen molar-refractivity contribution in [3.05, 3.63) is 64.3 Å². The number of aliphatic imine (C=N–C) groups is 1. The number of thioether (sulfide) groups is 2. The molecule has 0 radical (unpaired) electrons. The van der Waals surface area contributed by atoms with Crippen LogP contribution < -0.4 is 21.3 Å². The van der Waals surface area contributed by atoms with Gasteiger partial charge in [-0.1, -0.05) is 43.8 Å². The molecule has 7 heteroatoms. The minimum absolute atomic E-state index is 0.243.